The van der Waals surface area contributed by atoms with Gasteiger partial charge in [-0.05, 0) is 32.7 Å². The van der Waals surface area contributed by atoms with E-state index in [0.717, 1.165) is 17.2 Å². The van der Waals surface area contributed by atoms with Crippen molar-refractivity contribution < 1.29 is 0 Å². The Bertz CT molecular complexity index is 584. The maximum absolute atomic E-state index is 4.90. The summed E-state index contributed by atoms with van der Waals surface area (Å²) in [5.74, 6) is 0. The van der Waals surface area contributed by atoms with E-state index >= 15 is 0 Å². The average Bonchev–Trinajstić information content (AvgIpc) is 2.93. The first-order chi connectivity index (χ1) is 9.19. The Hall–Kier alpha value is -1.20. The van der Waals surface area contributed by atoms with E-state index in [1.54, 1.807) is 0 Å². The number of fused-ring (bicyclic) bond motifs is 1. The fourth-order valence-electron chi connectivity index (χ4n) is 2.79. The molecule has 2 aromatic heterocycles. The van der Waals surface area contributed by atoms with Crippen molar-refractivity contribution in [1.82, 2.24) is 20.1 Å². The summed E-state index contributed by atoms with van der Waals surface area (Å²) in [6.45, 7) is 5.22. The summed E-state index contributed by atoms with van der Waals surface area (Å²) in [7, 11) is 1.96. The normalized spacial score (nSPS) is 18.6. The van der Waals surface area contributed by atoms with Gasteiger partial charge in [0.15, 0.2) is 0 Å². The lowest BCUT2D eigenvalue weighted by Crippen LogP contribution is -2.24. The topological polar surface area (TPSA) is 42.7 Å². The Morgan fingerprint density at radius 1 is 1.53 bits per heavy atom. The van der Waals surface area contributed by atoms with Crippen LogP contribution in [0.4, 0.5) is 0 Å². The molecule has 0 spiro atoms. The summed E-state index contributed by atoms with van der Waals surface area (Å²) in [6.07, 6.45) is 5.71. The van der Waals surface area contributed by atoms with E-state index in [1.807, 2.05) is 23.1 Å². The summed E-state index contributed by atoms with van der Waals surface area (Å²) in [6, 6.07) is 0.440. The number of nitrogens with one attached hydrogen (secondary N) is 1. The SMILES string of the molecule is CCNC1CCCc2sc(-c3cn(C)nc3C)nc21. The van der Waals surface area contributed by atoms with Crippen LogP contribution in [-0.4, -0.2) is 21.3 Å². The van der Waals surface area contributed by atoms with Crippen molar-refractivity contribution in [2.24, 2.45) is 7.05 Å². The molecular formula is C14H20N4S. The summed E-state index contributed by atoms with van der Waals surface area (Å²) in [4.78, 5) is 6.35. The van der Waals surface area contributed by atoms with Crippen LogP contribution in [0.25, 0.3) is 10.6 Å². The van der Waals surface area contributed by atoms with E-state index in [9.17, 15) is 0 Å². The predicted octanol–water partition coefficient (Wildman–Crippen LogP) is 2.84. The van der Waals surface area contributed by atoms with Crippen LogP contribution in [-0.2, 0) is 13.5 Å². The zero-order valence-corrected chi connectivity index (χ0v) is 12.5. The molecule has 0 saturated carbocycles. The highest BCUT2D eigenvalue weighted by Gasteiger charge is 2.25. The molecule has 1 atom stereocenters. The van der Waals surface area contributed by atoms with Gasteiger partial charge in [-0.15, -0.1) is 11.3 Å². The molecule has 0 fully saturated rings. The van der Waals surface area contributed by atoms with Crippen LogP contribution in [0.2, 0.25) is 0 Å². The van der Waals surface area contributed by atoms with Gasteiger partial charge in [-0.1, -0.05) is 6.92 Å². The van der Waals surface area contributed by atoms with Gasteiger partial charge in [0.25, 0.3) is 0 Å². The molecule has 0 aromatic carbocycles. The van der Waals surface area contributed by atoms with Gasteiger partial charge < -0.3 is 5.32 Å². The van der Waals surface area contributed by atoms with Gasteiger partial charge in [0.05, 0.1) is 23.0 Å². The Kier molecular flexibility index (Phi) is 3.41. The zero-order valence-electron chi connectivity index (χ0n) is 11.7. The third-order valence-corrected chi connectivity index (χ3v) is 4.81. The molecule has 0 aliphatic heterocycles. The monoisotopic (exact) mass is 276 g/mol. The molecular weight excluding hydrogens is 256 g/mol. The summed E-state index contributed by atoms with van der Waals surface area (Å²) < 4.78 is 1.87. The van der Waals surface area contributed by atoms with Gasteiger partial charge in [0.2, 0.25) is 0 Å². The molecule has 5 heteroatoms. The number of thiazole rings is 1. The van der Waals surface area contributed by atoms with Crippen molar-refractivity contribution in [3.63, 3.8) is 0 Å². The molecule has 3 rings (SSSR count). The summed E-state index contributed by atoms with van der Waals surface area (Å²) in [5.41, 5.74) is 3.52. The maximum atomic E-state index is 4.90. The highest BCUT2D eigenvalue weighted by molar-refractivity contribution is 7.15. The second-order valence-corrected chi connectivity index (χ2v) is 6.22. The summed E-state index contributed by atoms with van der Waals surface area (Å²) >= 11 is 1.84. The zero-order chi connectivity index (χ0) is 13.4. The second kappa shape index (κ2) is 5.06. The Morgan fingerprint density at radius 2 is 2.37 bits per heavy atom. The lowest BCUT2D eigenvalue weighted by Gasteiger charge is -2.21. The molecule has 2 aromatic rings. The van der Waals surface area contributed by atoms with Gasteiger partial charge in [-0.25, -0.2) is 4.98 Å². The van der Waals surface area contributed by atoms with Crippen LogP contribution in [0.1, 0.15) is 42.1 Å². The molecule has 19 heavy (non-hydrogen) atoms. The van der Waals surface area contributed by atoms with E-state index in [4.69, 9.17) is 4.98 Å². The minimum atomic E-state index is 0.440. The molecule has 102 valence electrons. The fraction of sp³-hybridized carbons (Fsp3) is 0.571. The van der Waals surface area contributed by atoms with Gasteiger partial charge in [-0.2, -0.15) is 5.10 Å². The van der Waals surface area contributed by atoms with Gasteiger partial charge >= 0.3 is 0 Å². The quantitative estimate of drug-likeness (QED) is 0.937. The Balaban J connectivity index is 1.99. The van der Waals surface area contributed by atoms with Crippen LogP contribution in [0.15, 0.2) is 6.20 Å². The molecule has 1 unspecified atom stereocenters. The molecule has 1 aliphatic rings. The number of hydrogen-bond donors (Lipinski definition) is 1. The van der Waals surface area contributed by atoms with Gasteiger partial charge in [0, 0.05) is 18.1 Å². The van der Waals surface area contributed by atoms with Gasteiger partial charge in [0.1, 0.15) is 5.01 Å². The number of aryl methyl sites for hydroxylation is 3. The van der Waals surface area contributed by atoms with Crippen LogP contribution in [0, 0.1) is 6.92 Å². The van der Waals surface area contributed by atoms with Crippen molar-refractivity contribution in [3.8, 4) is 10.6 Å². The molecule has 0 radical (unpaired) electrons. The standard InChI is InChI=1S/C14H20N4S/c1-4-15-11-6-5-7-12-13(11)16-14(19-12)10-8-18(3)17-9(10)2/h8,11,15H,4-7H2,1-3H3. The molecule has 2 heterocycles. The minimum absolute atomic E-state index is 0.440. The molecule has 1 N–H and O–H groups in total. The molecule has 0 bridgehead atoms. The average molecular weight is 276 g/mol. The largest absolute Gasteiger partial charge is 0.309 e. The number of nitrogens with zero attached hydrogens (tertiary/aromatic N) is 3. The molecule has 0 saturated heterocycles. The van der Waals surface area contributed by atoms with E-state index in [0.29, 0.717) is 6.04 Å². The Labute approximate surface area is 117 Å². The van der Waals surface area contributed by atoms with Crippen LogP contribution in [0.3, 0.4) is 0 Å². The van der Waals surface area contributed by atoms with Crippen LogP contribution >= 0.6 is 11.3 Å². The second-order valence-electron chi connectivity index (χ2n) is 5.13. The first-order valence-corrected chi connectivity index (χ1v) is 7.74. The number of rotatable bonds is 3. The van der Waals surface area contributed by atoms with Crippen molar-refractivity contribution in [2.75, 3.05) is 6.54 Å². The van der Waals surface area contributed by atoms with E-state index in [-0.39, 0.29) is 0 Å². The van der Waals surface area contributed by atoms with Crippen molar-refractivity contribution >= 4 is 11.3 Å². The maximum Gasteiger partial charge on any atom is 0.127 e. The minimum Gasteiger partial charge on any atom is -0.309 e. The van der Waals surface area contributed by atoms with Crippen molar-refractivity contribution in [2.45, 2.75) is 39.2 Å². The van der Waals surface area contributed by atoms with Gasteiger partial charge in [-0.3, -0.25) is 4.68 Å². The van der Waals surface area contributed by atoms with Crippen LogP contribution < -0.4 is 5.32 Å². The molecule has 1 aliphatic carbocycles. The fourth-order valence-corrected chi connectivity index (χ4v) is 4.01. The molecule has 0 amide bonds. The lowest BCUT2D eigenvalue weighted by atomic mass is 9.98. The van der Waals surface area contributed by atoms with E-state index < -0.39 is 0 Å². The highest BCUT2D eigenvalue weighted by Crippen LogP contribution is 2.37. The number of aromatic nitrogens is 3. The first kappa shape index (κ1) is 12.8. The lowest BCUT2D eigenvalue weighted by molar-refractivity contribution is 0.465. The Morgan fingerprint density at radius 3 is 3.05 bits per heavy atom. The first-order valence-electron chi connectivity index (χ1n) is 6.92. The third kappa shape index (κ3) is 2.32. The predicted molar refractivity (Wildman–Crippen MR) is 78.4 cm³/mol. The smallest absolute Gasteiger partial charge is 0.127 e. The van der Waals surface area contributed by atoms with E-state index in [2.05, 4.69) is 30.5 Å². The van der Waals surface area contributed by atoms with Crippen molar-refractivity contribution in [3.05, 3.63) is 22.5 Å². The molecule has 4 nitrogen and oxygen atoms in total. The van der Waals surface area contributed by atoms with E-state index in [1.165, 1.54) is 35.4 Å². The summed E-state index contributed by atoms with van der Waals surface area (Å²) in [5, 5.41) is 9.09. The highest BCUT2D eigenvalue weighted by atomic mass is 32.1. The van der Waals surface area contributed by atoms with Crippen molar-refractivity contribution in [1.29, 1.82) is 0 Å². The van der Waals surface area contributed by atoms with Crippen LogP contribution in [0.5, 0.6) is 0 Å². The third-order valence-electron chi connectivity index (χ3n) is 3.65. The number of hydrogen-bond acceptors (Lipinski definition) is 4.